The molecule has 21 heavy (non-hydrogen) atoms. The number of ether oxygens (including phenoxy) is 1. The van der Waals surface area contributed by atoms with E-state index >= 15 is 0 Å². The first-order valence-corrected chi connectivity index (χ1v) is 8.24. The van der Waals surface area contributed by atoms with Crippen molar-refractivity contribution in [2.24, 2.45) is 5.92 Å². The zero-order valence-electron chi connectivity index (χ0n) is 12.6. The molecule has 3 rings (SSSR count). The lowest BCUT2D eigenvalue weighted by molar-refractivity contribution is 0.0501. The Morgan fingerprint density at radius 2 is 1.95 bits per heavy atom. The highest BCUT2D eigenvalue weighted by Crippen LogP contribution is 2.35. The second kappa shape index (κ2) is 6.95. The van der Waals surface area contributed by atoms with Crippen LogP contribution in [0, 0.1) is 17.2 Å². The predicted octanol–water partition coefficient (Wildman–Crippen LogP) is 3.59. The van der Waals surface area contributed by atoms with Gasteiger partial charge >= 0.3 is 0 Å². The standard InChI is InChI=1S/C18H24N2O/c19-14-16-7-2-4-10-18(16)21-13-12-20-11-5-8-15-6-1-3-9-17(15)20/h2,4,7,10,15,17H,1,3,5-6,8-9,11-13H2. The molecule has 2 atom stereocenters. The maximum absolute atomic E-state index is 9.08. The molecule has 1 aliphatic heterocycles. The maximum Gasteiger partial charge on any atom is 0.137 e. The number of para-hydroxylation sites is 1. The summed E-state index contributed by atoms with van der Waals surface area (Å²) in [6.45, 7) is 2.88. The molecular weight excluding hydrogens is 260 g/mol. The van der Waals surface area contributed by atoms with E-state index in [9.17, 15) is 0 Å². The number of hydrogen-bond acceptors (Lipinski definition) is 3. The molecule has 0 spiro atoms. The summed E-state index contributed by atoms with van der Waals surface area (Å²) in [5.74, 6) is 1.64. The number of fused-ring (bicyclic) bond motifs is 1. The fraction of sp³-hybridized carbons (Fsp3) is 0.611. The number of piperidine rings is 1. The van der Waals surface area contributed by atoms with E-state index < -0.39 is 0 Å². The van der Waals surface area contributed by atoms with Crippen LogP contribution in [0.1, 0.15) is 44.1 Å². The van der Waals surface area contributed by atoms with Crippen LogP contribution >= 0.6 is 0 Å². The second-order valence-electron chi connectivity index (χ2n) is 6.25. The number of nitrogens with zero attached hydrogens (tertiary/aromatic N) is 2. The highest BCUT2D eigenvalue weighted by atomic mass is 16.5. The molecule has 1 aromatic carbocycles. The molecule has 1 saturated heterocycles. The van der Waals surface area contributed by atoms with Crippen LogP contribution in [-0.4, -0.2) is 30.6 Å². The third-order valence-electron chi connectivity index (χ3n) is 5.00. The third kappa shape index (κ3) is 3.39. The minimum atomic E-state index is 0.631. The summed E-state index contributed by atoms with van der Waals surface area (Å²) in [6.07, 6.45) is 8.32. The zero-order chi connectivity index (χ0) is 14.5. The van der Waals surface area contributed by atoms with Crippen molar-refractivity contribution in [3.05, 3.63) is 29.8 Å². The zero-order valence-corrected chi connectivity index (χ0v) is 12.6. The van der Waals surface area contributed by atoms with Crippen LogP contribution < -0.4 is 4.74 Å². The Kier molecular flexibility index (Phi) is 4.77. The second-order valence-corrected chi connectivity index (χ2v) is 6.25. The van der Waals surface area contributed by atoms with Gasteiger partial charge in [-0.05, 0) is 50.3 Å². The first kappa shape index (κ1) is 14.4. The van der Waals surface area contributed by atoms with Crippen molar-refractivity contribution in [2.75, 3.05) is 19.7 Å². The molecule has 2 fully saturated rings. The normalized spacial score (nSPS) is 25.9. The van der Waals surface area contributed by atoms with Gasteiger partial charge < -0.3 is 4.74 Å². The lowest BCUT2D eigenvalue weighted by Gasteiger charge is -2.44. The van der Waals surface area contributed by atoms with Gasteiger partial charge in [0.1, 0.15) is 18.4 Å². The molecule has 112 valence electrons. The Hall–Kier alpha value is -1.53. The maximum atomic E-state index is 9.08. The van der Waals surface area contributed by atoms with Gasteiger partial charge in [-0.3, -0.25) is 4.90 Å². The predicted molar refractivity (Wildman–Crippen MR) is 83.2 cm³/mol. The molecule has 2 aliphatic rings. The van der Waals surface area contributed by atoms with Gasteiger partial charge in [-0.2, -0.15) is 5.26 Å². The van der Waals surface area contributed by atoms with Gasteiger partial charge in [0.05, 0.1) is 5.56 Å². The molecule has 0 radical (unpaired) electrons. The molecule has 0 N–H and O–H groups in total. The third-order valence-corrected chi connectivity index (χ3v) is 5.00. The molecule has 1 saturated carbocycles. The summed E-state index contributed by atoms with van der Waals surface area (Å²) in [6, 6.07) is 10.5. The van der Waals surface area contributed by atoms with Crippen molar-refractivity contribution in [3.63, 3.8) is 0 Å². The molecule has 0 aromatic heterocycles. The van der Waals surface area contributed by atoms with Crippen LogP contribution in [-0.2, 0) is 0 Å². The summed E-state index contributed by atoms with van der Waals surface area (Å²) >= 11 is 0. The summed E-state index contributed by atoms with van der Waals surface area (Å²) < 4.78 is 5.85. The van der Waals surface area contributed by atoms with Crippen molar-refractivity contribution < 1.29 is 4.74 Å². The van der Waals surface area contributed by atoms with Crippen molar-refractivity contribution in [1.82, 2.24) is 4.90 Å². The number of hydrogen-bond donors (Lipinski definition) is 0. The van der Waals surface area contributed by atoms with E-state index in [2.05, 4.69) is 11.0 Å². The number of nitriles is 1. The van der Waals surface area contributed by atoms with Crippen LogP contribution in [0.2, 0.25) is 0 Å². The first-order valence-electron chi connectivity index (χ1n) is 8.24. The Bertz CT molecular complexity index is 506. The van der Waals surface area contributed by atoms with Gasteiger partial charge in [0.2, 0.25) is 0 Å². The lowest BCUT2D eigenvalue weighted by atomic mass is 9.78. The molecule has 3 heteroatoms. The summed E-state index contributed by atoms with van der Waals surface area (Å²) in [4.78, 5) is 2.63. The van der Waals surface area contributed by atoms with Crippen LogP contribution in [0.4, 0.5) is 0 Å². The highest BCUT2D eigenvalue weighted by Gasteiger charge is 2.32. The first-order chi connectivity index (χ1) is 10.4. The van der Waals surface area contributed by atoms with Gasteiger partial charge in [0.15, 0.2) is 0 Å². The van der Waals surface area contributed by atoms with Crippen molar-refractivity contribution in [1.29, 1.82) is 5.26 Å². The Labute approximate surface area is 127 Å². The Balaban J connectivity index is 1.54. The molecule has 0 bridgehead atoms. The summed E-state index contributed by atoms with van der Waals surface area (Å²) in [5, 5.41) is 9.08. The Morgan fingerprint density at radius 1 is 1.14 bits per heavy atom. The van der Waals surface area contributed by atoms with E-state index in [1.54, 1.807) is 0 Å². The molecule has 1 aromatic rings. The highest BCUT2D eigenvalue weighted by molar-refractivity contribution is 5.42. The fourth-order valence-corrected chi connectivity index (χ4v) is 3.96. The number of rotatable bonds is 4. The van der Waals surface area contributed by atoms with Gasteiger partial charge in [0, 0.05) is 12.6 Å². The molecule has 2 unspecified atom stereocenters. The fourth-order valence-electron chi connectivity index (χ4n) is 3.96. The van der Waals surface area contributed by atoms with Crippen molar-refractivity contribution >= 4 is 0 Å². The monoisotopic (exact) mass is 284 g/mol. The van der Waals surface area contributed by atoms with E-state index in [0.717, 1.165) is 24.3 Å². The van der Waals surface area contributed by atoms with Crippen LogP contribution in [0.3, 0.4) is 0 Å². The summed E-state index contributed by atoms with van der Waals surface area (Å²) in [7, 11) is 0. The van der Waals surface area contributed by atoms with Crippen LogP contribution in [0.15, 0.2) is 24.3 Å². The van der Waals surface area contributed by atoms with E-state index in [-0.39, 0.29) is 0 Å². The van der Waals surface area contributed by atoms with E-state index in [1.165, 1.54) is 45.1 Å². The molecular formula is C18H24N2O. The van der Waals surface area contributed by atoms with Crippen LogP contribution in [0.25, 0.3) is 0 Å². The molecule has 1 aliphatic carbocycles. The molecule has 3 nitrogen and oxygen atoms in total. The van der Waals surface area contributed by atoms with Gasteiger partial charge in [0.25, 0.3) is 0 Å². The van der Waals surface area contributed by atoms with Gasteiger partial charge in [-0.15, -0.1) is 0 Å². The number of likely N-dealkylation sites (tertiary alicyclic amines) is 1. The van der Waals surface area contributed by atoms with E-state index in [1.807, 2.05) is 24.3 Å². The van der Waals surface area contributed by atoms with E-state index in [4.69, 9.17) is 10.00 Å². The smallest absolute Gasteiger partial charge is 0.137 e. The van der Waals surface area contributed by atoms with Crippen LogP contribution in [0.5, 0.6) is 5.75 Å². The average molecular weight is 284 g/mol. The van der Waals surface area contributed by atoms with Crippen molar-refractivity contribution in [3.8, 4) is 11.8 Å². The van der Waals surface area contributed by atoms with E-state index in [0.29, 0.717) is 12.2 Å². The summed E-state index contributed by atoms with van der Waals surface area (Å²) in [5.41, 5.74) is 0.631. The average Bonchev–Trinajstić information content (AvgIpc) is 2.55. The Morgan fingerprint density at radius 3 is 2.86 bits per heavy atom. The minimum absolute atomic E-state index is 0.631. The topological polar surface area (TPSA) is 36.3 Å². The molecule has 0 amide bonds. The lowest BCUT2D eigenvalue weighted by Crippen LogP contribution is -2.48. The quantitative estimate of drug-likeness (QED) is 0.847. The van der Waals surface area contributed by atoms with Crippen molar-refractivity contribution in [2.45, 2.75) is 44.6 Å². The molecule has 1 heterocycles. The van der Waals surface area contributed by atoms with Gasteiger partial charge in [-0.25, -0.2) is 0 Å². The largest absolute Gasteiger partial charge is 0.491 e. The number of benzene rings is 1. The SMILES string of the molecule is N#Cc1ccccc1OCCN1CCCC2CCCCC21. The minimum Gasteiger partial charge on any atom is -0.491 e. The van der Waals surface area contributed by atoms with Gasteiger partial charge in [-0.1, -0.05) is 25.0 Å².